The third-order valence-corrected chi connectivity index (χ3v) is 8.42. The fourth-order valence-corrected chi connectivity index (χ4v) is 6.30. The number of aromatic nitrogens is 6. The second-order valence-corrected chi connectivity index (χ2v) is 11.6. The highest BCUT2D eigenvalue weighted by molar-refractivity contribution is 6.21. The van der Waals surface area contributed by atoms with Crippen LogP contribution in [-0.4, -0.2) is 29.9 Å². The van der Waals surface area contributed by atoms with Gasteiger partial charge in [-0.25, -0.2) is 9.97 Å². The average Bonchev–Trinajstić information content (AvgIpc) is 3.63. The van der Waals surface area contributed by atoms with Gasteiger partial charge in [0.2, 0.25) is 0 Å². The van der Waals surface area contributed by atoms with Gasteiger partial charge in [0.05, 0.1) is 22.2 Å². The standard InChI is InChI=1S/C34H30N6/c1-17(2)33-37-27-12-11-23-22-8-5-19(15-21(22)7-10-24(23)28(27)38-33)20-6-9-25-26(16-20)29-31(36-14-13-35-29)32-30(25)39-34(40-32)18(3)4/h5-10,13-18H,11-12H2,1-4H3,(H,37,38)(H,39,40). The molecule has 0 fully saturated rings. The fourth-order valence-electron chi connectivity index (χ4n) is 6.30. The Kier molecular flexibility index (Phi) is 4.93. The SMILES string of the molecule is CC(C)c1nc2c([nH]1)CCc1c-2ccc2cc(-c3ccc4c(c3)c3nccnc3c3[nH]c(C(C)C)nc43)ccc12. The predicted molar refractivity (Wildman–Crippen MR) is 163 cm³/mol. The Balaban J connectivity index is 1.28. The molecule has 0 saturated heterocycles. The van der Waals surface area contributed by atoms with E-state index in [0.29, 0.717) is 11.8 Å². The number of nitrogens with one attached hydrogen (secondary N) is 2. The second kappa shape index (κ2) is 8.46. The van der Waals surface area contributed by atoms with Gasteiger partial charge in [-0.3, -0.25) is 9.97 Å². The summed E-state index contributed by atoms with van der Waals surface area (Å²) >= 11 is 0. The van der Waals surface area contributed by atoms with Gasteiger partial charge >= 0.3 is 0 Å². The summed E-state index contributed by atoms with van der Waals surface area (Å²) in [5, 5.41) is 4.75. The van der Waals surface area contributed by atoms with E-state index in [-0.39, 0.29) is 0 Å². The topological polar surface area (TPSA) is 83.1 Å². The molecular weight excluding hydrogens is 492 g/mol. The molecule has 0 spiro atoms. The zero-order valence-corrected chi connectivity index (χ0v) is 23.1. The lowest BCUT2D eigenvalue weighted by atomic mass is 9.87. The van der Waals surface area contributed by atoms with Gasteiger partial charge in [-0.05, 0) is 52.4 Å². The van der Waals surface area contributed by atoms with Crippen LogP contribution >= 0.6 is 0 Å². The van der Waals surface area contributed by atoms with E-state index in [0.717, 1.165) is 68.6 Å². The number of fused-ring (bicyclic) bond motifs is 11. The molecule has 0 saturated carbocycles. The maximum Gasteiger partial charge on any atom is 0.115 e. The summed E-state index contributed by atoms with van der Waals surface area (Å²) in [6, 6.07) is 18.0. The predicted octanol–water partition coefficient (Wildman–Crippen LogP) is 8.22. The van der Waals surface area contributed by atoms with Gasteiger partial charge < -0.3 is 9.97 Å². The normalized spacial score (nSPS) is 13.2. The number of benzene rings is 4. The lowest BCUT2D eigenvalue weighted by molar-refractivity contribution is 0.787. The molecule has 0 atom stereocenters. The van der Waals surface area contributed by atoms with E-state index in [1.807, 2.05) is 0 Å². The van der Waals surface area contributed by atoms with Crippen molar-refractivity contribution in [3.63, 3.8) is 0 Å². The third kappa shape index (κ3) is 3.35. The highest BCUT2D eigenvalue weighted by atomic mass is 15.0. The molecular formula is C34H30N6. The minimum absolute atomic E-state index is 0.300. The van der Waals surface area contributed by atoms with Gasteiger partial charge in [-0.15, -0.1) is 0 Å². The summed E-state index contributed by atoms with van der Waals surface area (Å²) in [5.41, 5.74) is 11.1. The van der Waals surface area contributed by atoms with Crippen LogP contribution in [0.5, 0.6) is 0 Å². The zero-order valence-electron chi connectivity index (χ0n) is 23.1. The Labute approximate surface area is 231 Å². The molecule has 0 amide bonds. The number of hydrogen-bond acceptors (Lipinski definition) is 4. The summed E-state index contributed by atoms with van der Waals surface area (Å²) in [7, 11) is 0. The molecule has 196 valence electrons. The Morgan fingerprint density at radius 2 is 1.38 bits per heavy atom. The molecule has 0 radical (unpaired) electrons. The number of aromatic amines is 2. The van der Waals surface area contributed by atoms with Crippen molar-refractivity contribution in [3.05, 3.63) is 83.8 Å². The van der Waals surface area contributed by atoms with Crippen molar-refractivity contribution in [1.82, 2.24) is 29.9 Å². The largest absolute Gasteiger partial charge is 0.345 e. The molecule has 0 aliphatic heterocycles. The third-order valence-electron chi connectivity index (χ3n) is 8.42. The minimum Gasteiger partial charge on any atom is -0.345 e. The molecule has 40 heavy (non-hydrogen) atoms. The molecule has 0 bridgehead atoms. The highest BCUT2D eigenvalue weighted by Crippen LogP contribution is 2.39. The maximum absolute atomic E-state index is 4.98. The lowest BCUT2D eigenvalue weighted by Gasteiger charge is -2.18. The number of imidazole rings is 2. The maximum atomic E-state index is 4.98. The van der Waals surface area contributed by atoms with E-state index in [9.17, 15) is 0 Å². The first-order valence-corrected chi connectivity index (χ1v) is 14.2. The molecule has 3 aromatic heterocycles. The molecule has 1 aliphatic carbocycles. The summed E-state index contributed by atoms with van der Waals surface area (Å²) in [5.74, 6) is 2.74. The number of nitrogens with zero attached hydrogens (tertiary/aromatic N) is 4. The Morgan fingerprint density at radius 3 is 2.17 bits per heavy atom. The second-order valence-electron chi connectivity index (χ2n) is 11.6. The molecule has 6 nitrogen and oxygen atoms in total. The van der Waals surface area contributed by atoms with E-state index in [1.165, 1.54) is 33.2 Å². The van der Waals surface area contributed by atoms with E-state index < -0.39 is 0 Å². The van der Waals surface area contributed by atoms with Crippen molar-refractivity contribution >= 4 is 43.6 Å². The highest BCUT2D eigenvalue weighted by Gasteiger charge is 2.23. The summed E-state index contributed by atoms with van der Waals surface area (Å²) in [4.78, 5) is 26.5. The molecule has 7 aromatic rings. The van der Waals surface area contributed by atoms with Gasteiger partial charge in [-0.1, -0.05) is 64.1 Å². The van der Waals surface area contributed by atoms with Crippen molar-refractivity contribution < 1.29 is 0 Å². The van der Waals surface area contributed by atoms with Gasteiger partial charge in [0.15, 0.2) is 0 Å². The van der Waals surface area contributed by atoms with Crippen molar-refractivity contribution in [2.45, 2.75) is 52.4 Å². The van der Waals surface area contributed by atoms with Gasteiger partial charge in [0.25, 0.3) is 0 Å². The van der Waals surface area contributed by atoms with Crippen LogP contribution in [-0.2, 0) is 12.8 Å². The van der Waals surface area contributed by atoms with Crippen LogP contribution in [0.4, 0.5) is 0 Å². The molecule has 3 heterocycles. The Morgan fingerprint density at radius 1 is 0.650 bits per heavy atom. The number of aryl methyl sites for hydroxylation is 2. The van der Waals surface area contributed by atoms with E-state index in [1.54, 1.807) is 12.4 Å². The van der Waals surface area contributed by atoms with Crippen LogP contribution in [0.1, 0.15) is 62.4 Å². The number of H-pyrrole nitrogens is 2. The van der Waals surface area contributed by atoms with Crippen molar-refractivity contribution in [2.75, 3.05) is 0 Å². The smallest absolute Gasteiger partial charge is 0.115 e. The first-order chi connectivity index (χ1) is 19.5. The van der Waals surface area contributed by atoms with E-state index in [2.05, 4.69) is 86.2 Å². The molecule has 6 heteroatoms. The first kappa shape index (κ1) is 23.3. The Hall–Kier alpha value is -4.58. The Bertz CT molecular complexity index is 2130. The monoisotopic (exact) mass is 522 g/mol. The van der Waals surface area contributed by atoms with E-state index in [4.69, 9.17) is 19.9 Å². The van der Waals surface area contributed by atoms with Crippen LogP contribution in [0.2, 0.25) is 0 Å². The summed E-state index contributed by atoms with van der Waals surface area (Å²) in [6.45, 7) is 8.68. The summed E-state index contributed by atoms with van der Waals surface area (Å²) in [6.07, 6.45) is 5.56. The summed E-state index contributed by atoms with van der Waals surface area (Å²) < 4.78 is 0. The molecule has 8 rings (SSSR count). The number of rotatable bonds is 3. The minimum atomic E-state index is 0.300. The number of hydrogen-bond donors (Lipinski definition) is 2. The van der Waals surface area contributed by atoms with Crippen molar-refractivity contribution in [3.8, 4) is 22.4 Å². The van der Waals surface area contributed by atoms with Crippen LogP contribution in [0.3, 0.4) is 0 Å². The van der Waals surface area contributed by atoms with Crippen molar-refractivity contribution in [1.29, 1.82) is 0 Å². The molecule has 2 N–H and O–H groups in total. The lowest BCUT2D eigenvalue weighted by Crippen LogP contribution is -2.04. The van der Waals surface area contributed by atoms with Crippen LogP contribution < -0.4 is 0 Å². The van der Waals surface area contributed by atoms with Crippen LogP contribution in [0.25, 0.3) is 66.0 Å². The molecule has 1 aliphatic rings. The van der Waals surface area contributed by atoms with Crippen molar-refractivity contribution in [2.24, 2.45) is 0 Å². The zero-order chi connectivity index (χ0) is 27.1. The van der Waals surface area contributed by atoms with Crippen LogP contribution in [0, 0.1) is 0 Å². The van der Waals surface area contributed by atoms with Gasteiger partial charge in [0, 0.05) is 46.3 Å². The first-order valence-electron chi connectivity index (χ1n) is 14.2. The fraction of sp³-hybridized carbons (Fsp3) is 0.235. The van der Waals surface area contributed by atoms with Crippen LogP contribution in [0.15, 0.2) is 60.9 Å². The molecule has 4 aromatic carbocycles. The molecule has 0 unspecified atom stereocenters. The van der Waals surface area contributed by atoms with Gasteiger partial charge in [-0.2, -0.15) is 0 Å². The average molecular weight is 523 g/mol. The van der Waals surface area contributed by atoms with E-state index >= 15 is 0 Å². The van der Waals surface area contributed by atoms with Gasteiger partial charge in [0.1, 0.15) is 17.2 Å². The quantitative estimate of drug-likeness (QED) is 0.229.